The summed E-state index contributed by atoms with van der Waals surface area (Å²) in [7, 11) is 0. The number of benzene rings is 1. The number of aryl methyl sites for hydroxylation is 1. The first kappa shape index (κ1) is 10.3. The number of nitrogens with zero attached hydrogens (tertiary/aromatic N) is 3. The van der Waals surface area contributed by atoms with Crippen LogP contribution in [0.3, 0.4) is 0 Å². The second kappa shape index (κ2) is 3.86. The van der Waals surface area contributed by atoms with Crippen molar-refractivity contribution in [1.82, 2.24) is 14.8 Å². The molecule has 0 atom stereocenters. The van der Waals surface area contributed by atoms with E-state index < -0.39 is 0 Å². The highest BCUT2D eigenvalue weighted by molar-refractivity contribution is 6.34. The first-order valence-corrected chi connectivity index (χ1v) is 5.70. The van der Waals surface area contributed by atoms with Crippen LogP contribution < -0.4 is 0 Å². The molecule has 3 nitrogen and oxygen atoms in total. The van der Waals surface area contributed by atoms with Gasteiger partial charge in [0.2, 0.25) is 0 Å². The maximum absolute atomic E-state index is 6.17. The molecule has 17 heavy (non-hydrogen) atoms. The van der Waals surface area contributed by atoms with Crippen molar-refractivity contribution in [3.05, 3.63) is 53.4 Å². The van der Waals surface area contributed by atoms with Gasteiger partial charge in [-0.3, -0.25) is 0 Å². The molecule has 0 fully saturated rings. The normalized spacial score (nSPS) is 10.9. The highest BCUT2D eigenvalue weighted by Crippen LogP contribution is 2.23. The Kier molecular flexibility index (Phi) is 2.34. The van der Waals surface area contributed by atoms with Crippen molar-refractivity contribution >= 4 is 22.4 Å². The number of hydrogen-bond acceptors (Lipinski definition) is 2. The molecular formula is C13H10ClN3. The van der Waals surface area contributed by atoms with E-state index in [1.54, 1.807) is 4.68 Å². The molecule has 3 aromatic rings. The largest absolute Gasteiger partial charge is 0.222 e. The third-order valence-electron chi connectivity index (χ3n) is 2.64. The number of fused-ring (bicyclic) bond motifs is 1. The van der Waals surface area contributed by atoms with E-state index >= 15 is 0 Å². The molecule has 2 heterocycles. The molecule has 1 aromatic carbocycles. The van der Waals surface area contributed by atoms with Crippen molar-refractivity contribution < 1.29 is 0 Å². The van der Waals surface area contributed by atoms with Crippen molar-refractivity contribution in [2.24, 2.45) is 0 Å². The highest BCUT2D eigenvalue weighted by atomic mass is 35.5. The fourth-order valence-corrected chi connectivity index (χ4v) is 2.06. The lowest BCUT2D eigenvalue weighted by Crippen LogP contribution is -1.98. The molecule has 0 amide bonds. The maximum Gasteiger partial charge on any atom is 0.155 e. The standard InChI is InChI=1S/C13H10ClN3/c1-9-6-7-17(16-9)12-8-10-4-2-3-5-11(10)13(14)15-12/h2-8H,1H3. The molecule has 84 valence electrons. The van der Waals surface area contributed by atoms with Crippen LogP contribution in [0.15, 0.2) is 42.6 Å². The van der Waals surface area contributed by atoms with Gasteiger partial charge >= 0.3 is 0 Å². The van der Waals surface area contributed by atoms with Crippen molar-refractivity contribution in [2.45, 2.75) is 6.92 Å². The molecule has 0 saturated heterocycles. The van der Waals surface area contributed by atoms with Crippen molar-refractivity contribution in [3.8, 4) is 5.82 Å². The quantitative estimate of drug-likeness (QED) is 0.614. The van der Waals surface area contributed by atoms with Gasteiger partial charge in [0.05, 0.1) is 5.69 Å². The van der Waals surface area contributed by atoms with Gasteiger partial charge in [0, 0.05) is 11.6 Å². The first-order chi connectivity index (χ1) is 8.24. The Morgan fingerprint density at radius 1 is 1.18 bits per heavy atom. The Bertz CT molecular complexity index is 688. The minimum Gasteiger partial charge on any atom is -0.222 e. The number of pyridine rings is 1. The third kappa shape index (κ3) is 1.78. The van der Waals surface area contributed by atoms with Gasteiger partial charge in [-0.15, -0.1) is 0 Å². The summed E-state index contributed by atoms with van der Waals surface area (Å²) in [5, 5.41) is 6.86. The lowest BCUT2D eigenvalue weighted by atomic mass is 10.2. The molecule has 0 aliphatic heterocycles. The van der Waals surface area contributed by atoms with Crippen LogP contribution in [0.1, 0.15) is 5.69 Å². The summed E-state index contributed by atoms with van der Waals surface area (Å²) in [4.78, 5) is 4.35. The summed E-state index contributed by atoms with van der Waals surface area (Å²) in [6.45, 7) is 1.94. The molecule has 0 aliphatic rings. The van der Waals surface area contributed by atoms with Gasteiger partial charge in [0.25, 0.3) is 0 Å². The smallest absolute Gasteiger partial charge is 0.155 e. The van der Waals surface area contributed by atoms with Crippen LogP contribution in [-0.4, -0.2) is 14.8 Å². The zero-order valence-electron chi connectivity index (χ0n) is 9.26. The third-order valence-corrected chi connectivity index (χ3v) is 2.93. The predicted octanol–water partition coefficient (Wildman–Crippen LogP) is 3.38. The fraction of sp³-hybridized carbons (Fsp3) is 0.0769. The van der Waals surface area contributed by atoms with E-state index in [1.807, 2.05) is 49.5 Å². The Morgan fingerprint density at radius 2 is 2.00 bits per heavy atom. The van der Waals surface area contributed by atoms with Gasteiger partial charge in [-0.25, -0.2) is 9.67 Å². The minimum atomic E-state index is 0.506. The summed E-state index contributed by atoms with van der Waals surface area (Å²) >= 11 is 6.17. The zero-order valence-corrected chi connectivity index (χ0v) is 10.0. The number of hydrogen-bond donors (Lipinski definition) is 0. The minimum absolute atomic E-state index is 0.506. The Labute approximate surface area is 104 Å². The van der Waals surface area contributed by atoms with E-state index in [0.29, 0.717) is 5.15 Å². The predicted molar refractivity (Wildman–Crippen MR) is 68.6 cm³/mol. The summed E-state index contributed by atoms with van der Waals surface area (Å²) in [6, 6.07) is 11.8. The molecule has 0 aliphatic carbocycles. The number of rotatable bonds is 1. The zero-order chi connectivity index (χ0) is 11.8. The Hall–Kier alpha value is -1.87. The first-order valence-electron chi connectivity index (χ1n) is 5.32. The Morgan fingerprint density at radius 3 is 2.76 bits per heavy atom. The SMILES string of the molecule is Cc1ccn(-c2cc3ccccc3c(Cl)n2)n1. The second-order valence-electron chi connectivity index (χ2n) is 3.89. The van der Waals surface area contributed by atoms with E-state index in [4.69, 9.17) is 11.6 Å². The summed E-state index contributed by atoms with van der Waals surface area (Å²) < 4.78 is 1.73. The van der Waals surface area contributed by atoms with Gasteiger partial charge in [-0.1, -0.05) is 35.9 Å². The Balaban J connectivity index is 2.25. The van der Waals surface area contributed by atoms with Gasteiger partial charge in [-0.05, 0) is 24.4 Å². The van der Waals surface area contributed by atoms with Crippen molar-refractivity contribution in [3.63, 3.8) is 0 Å². The van der Waals surface area contributed by atoms with Crippen LogP contribution in [0, 0.1) is 6.92 Å². The topological polar surface area (TPSA) is 30.7 Å². The molecule has 0 spiro atoms. The summed E-state index contributed by atoms with van der Waals surface area (Å²) in [5.74, 6) is 0.738. The molecule has 0 radical (unpaired) electrons. The van der Waals surface area contributed by atoms with Crippen molar-refractivity contribution in [1.29, 1.82) is 0 Å². The molecular weight excluding hydrogens is 234 g/mol. The lowest BCUT2D eigenvalue weighted by molar-refractivity contribution is 0.835. The van der Waals surface area contributed by atoms with Crippen LogP contribution in [0.5, 0.6) is 0 Å². The lowest BCUT2D eigenvalue weighted by Gasteiger charge is -2.04. The van der Waals surface area contributed by atoms with Crippen molar-refractivity contribution in [2.75, 3.05) is 0 Å². The van der Waals surface area contributed by atoms with Crippen LogP contribution in [0.4, 0.5) is 0 Å². The monoisotopic (exact) mass is 243 g/mol. The van der Waals surface area contributed by atoms with Gasteiger partial charge in [0.1, 0.15) is 5.15 Å². The highest BCUT2D eigenvalue weighted by Gasteiger charge is 2.05. The second-order valence-corrected chi connectivity index (χ2v) is 4.25. The molecule has 0 saturated carbocycles. The maximum atomic E-state index is 6.17. The molecule has 2 aromatic heterocycles. The van der Waals surface area contributed by atoms with Gasteiger partial charge in [-0.2, -0.15) is 5.10 Å². The van der Waals surface area contributed by atoms with Gasteiger partial charge in [0.15, 0.2) is 5.82 Å². The van der Waals surface area contributed by atoms with Gasteiger partial charge < -0.3 is 0 Å². The van der Waals surface area contributed by atoms with E-state index in [9.17, 15) is 0 Å². The van der Waals surface area contributed by atoms with E-state index in [-0.39, 0.29) is 0 Å². The summed E-state index contributed by atoms with van der Waals surface area (Å²) in [5.41, 5.74) is 0.955. The van der Waals surface area contributed by atoms with E-state index in [1.165, 1.54) is 0 Å². The average Bonchev–Trinajstić information content (AvgIpc) is 2.76. The van der Waals surface area contributed by atoms with Crippen LogP contribution in [-0.2, 0) is 0 Å². The number of aromatic nitrogens is 3. The molecule has 0 bridgehead atoms. The molecule has 0 unspecified atom stereocenters. The molecule has 3 rings (SSSR count). The summed E-state index contributed by atoms with van der Waals surface area (Å²) in [6.07, 6.45) is 1.88. The van der Waals surface area contributed by atoms with E-state index in [2.05, 4.69) is 10.1 Å². The van der Waals surface area contributed by atoms with Crippen LogP contribution >= 0.6 is 11.6 Å². The number of halogens is 1. The average molecular weight is 244 g/mol. The molecule has 4 heteroatoms. The van der Waals surface area contributed by atoms with Crippen LogP contribution in [0.25, 0.3) is 16.6 Å². The fourth-order valence-electron chi connectivity index (χ4n) is 1.80. The molecule has 0 N–H and O–H groups in total. The van der Waals surface area contributed by atoms with Crippen LogP contribution in [0.2, 0.25) is 5.15 Å². The van der Waals surface area contributed by atoms with E-state index in [0.717, 1.165) is 22.3 Å².